The van der Waals surface area contributed by atoms with Crippen molar-refractivity contribution in [2.24, 2.45) is 0 Å². The molecule has 2 fully saturated rings. The molecule has 0 aliphatic carbocycles. The standard InChI is InChI=1S/C23H26N2O4/c1-28-19-7-3-5-16(11-19)14-24-22(27)23(17-6-4-8-20(12-17)29-2)13-18-9-10-21(26)25(18)15-23/h3-8,11-12,18H,9-10,13-15H2,1-2H3,(H,24,27). The van der Waals surface area contributed by atoms with Gasteiger partial charge in [0.1, 0.15) is 11.5 Å². The Morgan fingerprint density at radius 3 is 2.59 bits per heavy atom. The summed E-state index contributed by atoms with van der Waals surface area (Å²) in [5, 5.41) is 3.10. The molecule has 0 bridgehead atoms. The van der Waals surface area contributed by atoms with Crippen LogP contribution in [0.15, 0.2) is 48.5 Å². The first-order valence-electron chi connectivity index (χ1n) is 9.91. The monoisotopic (exact) mass is 394 g/mol. The average Bonchev–Trinajstić information content (AvgIpc) is 3.32. The summed E-state index contributed by atoms with van der Waals surface area (Å²) in [4.78, 5) is 27.7. The van der Waals surface area contributed by atoms with Gasteiger partial charge in [-0.15, -0.1) is 0 Å². The topological polar surface area (TPSA) is 67.9 Å². The number of nitrogens with zero attached hydrogens (tertiary/aromatic N) is 1. The SMILES string of the molecule is COc1cccc(CNC(=O)C2(c3cccc(OC)c3)CC3CCC(=O)N3C2)c1. The van der Waals surface area contributed by atoms with Gasteiger partial charge in [-0.25, -0.2) is 0 Å². The van der Waals surface area contributed by atoms with Gasteiger partial charge in [0.15, 0.2) is 0 Å². The fraction of sp³-hybridized carbons (Fsp3) is 0.391. The lowest BCUT2D eigenvalue weighted by atomic mass is 9.76. The van der Waals surface area contributed by atoms with Gasteiger partial charge in [0, 0.05) is 25.6 Å². The van der Waals surface area contributed by atoms with Gasteiger partial charge in [-0.1, -0.05) is 24.3 Å². The van der Waals surface area contributed by atoms with Crippen molar-refractivity contribution in [3.05, 3.63) is 59.7 Å². The summed E-state index contributed by atoms with van der Waals surface area (Å²) >= 11 is 0. The second-order valence-electron chi connectivity index (χ2n) is 7.77. The van der Waals surface area contributed by atoms with Crippen molar-refractivity contribution in [3.63, 3.8) is 0 Å². The van der Waals surface area contributed by atoms with Gasteiger partial charge in [0.05, 0.1) is 19.6 Å². The van der Waals surface area contributed by atoms with E-state index in [4.69, 9.17) is 9.47 Å². The molecule has 2 heterocycles. The van der Waals surface area contributed by atoms with Gasteiger partial charge in [0.25, 0.3) is 0 Å². The zero-order valence-electron chi connectivity index (χ0n) is 16.8. The lowest BCUT2D eigenvalue weighted by Crippen LogP contribution is -2.46. The highest BCUT2D eigenvalue weighted by Gasteiger charge is 2.53. The van der Waals surface area contributed by atoms with Crippen molar-refractivity contribution in [2.45, 2.75) is 37.3 Å². The third kappa shape index (κ3) is 3.55. The number of methoxy groups -OCH3 is 2. The quantitative estimate of drug-likeness (QED) is 0.818. The van der Waals surface area contributed by atoms with Crippen LogP contribution in [0.1, 0.15) is 30.4 Å². The fourth-order valence-corrected chi connectivity index (χ4v) is 4.54. The smallest absolute Gasteiger partial charge is 0.232 e. The molecule has 152 valence electrons. The van der Waals surface area contributed by atoms with Gasteiger partial charge in [-0.05, 0) is 48.2 Å². The van der Waals surface area contributed by atoms with Crippen molar-refractivity contribution in [2.75, 3.05) is 20.8 Å². The van der Waals surface area contributed by atoms with Crippen LogP contribution in [0.5, 0.6) is 11.5 Å². The molecule has 6 nitrogen and oxygen atoms in total. The molecular weight excluding hydrogens is 368 g/mol. The highest BCUT2D eigenvalue weighted by Crippen LogP contribution is 2.43. The number of hydrogen-bond donors (Lipinski definition) is 1. The molecule has 2 aliphatic heterocycles. The summed E-state index contributed by atoms with van der Waals surface area (Å²) in [5.74, 6) is 1.54. The molecule has 2 saturated heterocycles. The third-order valence-electron chi connectivity index (χ3n) is 6.12. The second-order valence-corrected chi connectivity index (χ2v) is 7.77. The molecule has 0 aromatic heterocycles. The van der Waals surface area contributed by atoms with Gasteiger partial charge in [-0.3, -0.25) is 9.59 Å². The van der Waals surface area contributed by atoms with Crippen LogP contribution in [-0.2, 0) is 21.5 Å². The number of hydrogen-bond acceptors (Lipinski definition) is 4. The van der Waals surface area contributed by atoms with Crippen LogP contribution in [0.3, 0.4) is 0 Å². The molecule has 4 rings (SSSR count). The van der Waals surface area contributed by atoms with E-state index >= 15 is 0 Å². The lowest BCUT2D eigenvalue weighted by Gasteiger charge is -2.29. The molecular formula is C23H26N2O4. The molecule has 2 atom stereocenters. The first-order chi connectivity index (χ1) is 14.1. The molecule has 29 heavy (non-hydrogen) atoms. The molecule has 2 amide bonds. The number of carbonyl (C=O) groups is 2. The van der Waals surface area contributed by atoms with E-state index in [0.717, 1.165) is 23.3 Å². The van der Waals surface area contributed by atoms with E-state index in [1.807, 2.05) is 53.4 Å². The fourth-order valence-electron chi connectivity index (χ4n) is 4.54. The van der Waals surface area contributed by atoms with E-state index in [0.29, 0.717) is 31.7 Å². The normalized spacial score (nSPS) is 23.0. The van der Waals surface area contributed by atoms with Crippen LogP contribution in [-0.4, -0.2) is 43.5 Å². The summed E-state index contributed by atoms with van der Waals surface area (Å²) in [6.07, 6.45) is 2.02. The van der Waals surface area contributed by atoms with Gasteiger partial charge in [0.2, 0.25) is 11.8 Å². The van der Waals surface area contributed by atoms with Crippen LogP contribution in [0.25, 0.3) is 0 Å². The molecule has 0 radical (unpaired) electrons. The van der Waals surface area contributed by atoms with E-state index < -0.39 is 5.41 Å². The Morgan fingerprint density at radius 2 is 1.86 bits per heavy atom. The Morgan fingerprint density at radius 1 is 1.14 bits per heavy atom. The van der Waals surface area contributed by atoms with Crippen molar-refractivity contribution in [1.29, 1.82) is 0 Å². The van der Waals surface area contributed by atoms with Gasteiger partial charge < -0.3 is 19.7 Å². The molecule has 0 spiro atoms. The first kappa shape index (κ1) is 19.3. The minimum Gasteiger partial charge on any atom is -0.497 e. The number of rotatable bonds is 6. The number of benzene rings is 2. The Balaban J connectivity index is 1.61. The van der Waals surface area contributed by atoms with Crippen LogP contribution in [0, 0.1) is 0 Å². The maximum absolute atomic E-state index is 13.5. The van der Waals surface area contributed by atoms with E-state index in [2.05, 4.69) is 5.32 Å². The molecule has 2 unspecified atom stereocenters. The minimum absolute atomic E-state index is 0.0595. The third-order valence-corrected chi connectivity index (χ3v) is 6.12. The van der Waals surface area contributed by atoms with E-state index in [9.17, 15) is 9.59 Å². The predicted octanol–water partition coefficient (Wildman–Crippen LogP) is 2.65. The zero-order valence-corrected chi connectivity index (χ0v) is 16.8. The van der Waals surface area contributed by atoms with Gasteiger partial charge >= 0.3 is 0 Å². The van der Waals surface area contributed by atoms with E-state index in [-0.39, 0.29) is 17.9 Å². The highest BCUT2D eigenvalue weighted by molar-refractivity contribution is 5.91. The first-order valence-corrected chi connectivity index (χ1v) is 9.91. The Labute approximate surface area is 170 Å². The summed E-state index contributed by atoms with van der Waals surface area (Å²) in [5.41, 5.74) is 1.09. The zero-order chi connectivity index (χ0) is 20.4. The maximum Gasteiger partial charge on any atom is 0.232 e. The maximum atomic E-state index is 13.5. The molecule has 2 aromatic carbocycles. The minimum atomic E-state index is -0.770. The lowest BCUT2D eigenvalue weighted by molar-refractivity contribution is -0.129. The van der Waals surface area contributed by atoms with Crippen molar-refractivity contribution < 1.29 is 19.1 Å². The molecule has 2 aromatic rings. The second kappa shape index (κ2) is 7.78. The number of nitrogens with one attached hydrogen (secondary N) is 1. The summed E-state index contributed by atoms with van der Waals surface area (Å²) in [7, 11) is 3.24. The van der Waals surface area contributed by atoms with Crippen LogP contribution in [0.2, 0.25) is 0 Å². The number of amides is 2. The largest absolute Gasteiger partial charge is 0.497 e. The Hall–Kier alpha value is -3.02. The molecule has 1 N–H and O–H groups in total. The number of ether oxygens (including phenoxy) is 2. The van der Waals surface area contributed by atoms with Crippen LogP contribution >= 0.6 is 0 Å². The van der Waals surface area contributed by atoms with Crippen LogP contribution in [0.4, 0.5) is 0 Å². The summed E-state index contributed by atoms with van der Waals surface area (Å²) in [6, 6.07) is 15.4. The molecule has 2 aliphatic rings. The van der Waals surface area contributed by atoms with Crippen molar-refractivity contribution in [1.82, 2.24) is 10.2 Å². The molecule has 0 saturated carbocycles. The Kier molecular flexibility index (Phi) is 5.18. The molecule has 6 heteroatoms. The van der Waals surface area contributed by atoms with Crippen molar-refractivity contribution in [3.8, 4) is 11.5 Å². The van der Waals surface area contributed by atoms with Crippen LogP contribution < -0.4 is 14.8 Å². The highest BCUT2D eigenvalue weighted by atomic mass is 16.5. The van der Waals surface area contributed by atoms with Crippen molar-refractivity contribution >= 4 is 11.8 Å². The average molecular weight is 394 g/mol. The summed E-state index contributed by atoms with van der Waals surface area (Å²) < 4.78 is 10.7. The van der Waals surface area contributed by atoms with E-state index in [1.54, 1.807) is 14.2 Å². The summed E-state index contributed by atoms with van der Waals surface area (Å²) in [6.45, 7) is 0.813. The number of fused-ring (bicyclic) bond motifs is 1. The Bertz CT molecular complexity index is 929. The predicted molar refractivity (Wildman–Crippen MR) is 109 cm³/mol. The van der Waals surface area contributed by atoms with Gasteiger partial charge in [-0.2, -0.15) is 0 Å². The van der Waals surface area contributed by atoms with E-state index in [1.165, 1.54) is 0 Å². The number of carbonyl (C=O) groups excluding carboxylic acids is 2.